The first-order valence-corrected chi connectivity index (χ1v) is 5.18. The van der Waals surface area contributed by atoms with Crippen LogP contribution in [0.25, 0.3) is 0 Å². The molecule has 0 saturated carbocycles. The second-order valence-electron chi connectivity index (χ2n) is 3.55. The number of ether oxygens (including phenoxy) is 1. The molecule has 0 aliphatic heterocycles. The minimum atomic E-state index is -1.21. The number of rotatable bonds is 4. The number of carboxylic acids is 1. The molecule has 2 rings (SSSR count). The number of aromatic nitrogens is 2. The summed E-state index contributed by atoms with van der Waals surface area (Å²) >= 11 is 0. The highest BCUT2D eigenvalue weighted by Gasteiger charge is 2.13. The fourth-order valence-corrected chi connectivity index (χ4v) is 1.39. The third kappa shape index (κ3) is 3.01. The van der Waals surface area contributed by atoms with Gasteiger partial charge >= 0.3 is 5.97 Å². The van der Waals surface area contributed by atoms with Crippen molar-refractivity contribution in [3.8, 4) is 5.75 Å². The zero-order valence-corrected chi connectivity index (χ0v) is 9.51. The van der Waals surface area contributed by atoms with Gasteiger partial charge in [0, 0.05) is 12.3 Å². The predicted molar refractivity (Wildman–Crippen MR) is 59.7 cm³/mol. The minimum Gasteiger partial charge on any atom is -0.484 e. The lowest BCUT2D eigenvalue weighted by atomic mass is 10.2. The maximum absolute atomic E-state index is 13.3. The van der Waals surface area contributed by atoms with Crippen molar-refractivity contribution in [1.29, 1.82) is 0 Å². The molecule has 0 aliphatic carbocycles. The van der Waals surface area contributed by atoms with Crippen LogP contribution in [0.2, 0.25) is 0 Å². The molecule has 1 N–H and O–H groups in total. The van der Waals surface area contributed by atoms with Gasteiger partial charge in [-0.05, 0) is 12.1 Å². The van der Waals surface area contributed by atoms with E-state index < -0.39 is 17.6 Å². The van der Waals surface area contributed by atoms with Crippen LogP contribution in [-0.2, 0) is 6.61 Å². The summed E-state index contributed by atoms with van der Waals surface area (Å²) < 4.78 is 31.1. The van der Waals surface area contributed by atoms with E-state index in [-0.39, 0.29) is 23.6 Å². The van der Waals surface area contributed by atoms with E-state index in [2.05, 4.69) is 9.97 Å². The second-order valence-corrected chi connectivity index (χ2v) is 3.55. The lowest BCUT2D eigenvalue weighted by Gasteiger charge is -2.08. The van der Waals surface area contributed by atoms with Crippen LogP contribution < -0.4 is 4.74 Å². The topological polar surface area (TPSA) is 72.3 Å². The molecule has 0 unspecified atom stereocenters. The van der Waals surface area contributed by atoms with E-state index in [0.29, 0.717) is 6.07 Å². The Hall–Kier alpha value is -2.57. The third-order valence-electron chi connectivity index (χ3n) is 2.28. The molecule has 0 bridgehead atoms. The zero-order chi connectivity index (χ0) is 13.8. The Morgan fingerprint density at radius 1 is 1.37 bits per heavy atom. The van der Waals surface area contributed by atoms with E-state index in [0.717, 1.165) is 24.7 Å². The lowest BCUT2D eigenvalue weighted by Crippen LogP contribution is -2.09. The van der Waals surface area contributed by atoms with Gasteiger partial charge in [0.25, 0.3) is 0 Å². The summed E-state index contributed by atoms with van der Waals surface area (Å²) in [6.07, 6.45) is 2.28. The normalized spacial score (nSPS) is 10.2. The number of halogens is 2. The summed E-state index contributed by atoms with van der Waals surface area (Å²) in [7, 11) is 0. The first-order chi connectivity index (χ1) is 9.08. The van der Waals surface area contributed by atoms with Crippen LogP contribution in [0.15, 0.2) is 30.7 Å². The summed E-state index contributed by atoms with van der Waals surface area (Å²) in [6, 6.07) is 2.83. The molecule has 0 amide bonds. The van der Waals surface area contributed by atoms with E-state index in [4.69, 9.17) is 9.84 Å². The van der Waals surface area contributed by atoms with Gasteiger partial charge in [0.05, 0.1) is 5.69 Å². The van der Waals surface area contributed by atoms with Crippen LogP contribution in [0.5, 0.6) is 5.75 Å². The summed E-state index contributed by atoms with van der Waals surface area (Å²) in [6.45, 7) is -0.257. The Morgan fingerprint density at radius 3 is 2.84 bits per heavy atom. The molecule has 1 aromatic carbocycles. The van der Waals surface area contributed by atoms with Crippen LogP contribution in [0.1, 0.15) is 16.1 Å². The molecule has 98 valence electrons. The van der Waals surface area contributed by atoms with Gasteiger partial charge in [-0.25, -0.2) is 23.5 Å². The average Bonchev–Trinajstić information content (AvgIpc) is 2.38. The monoisotopic (exact) mass is 266 g/mol. The first kappa shape index (κ1) is 12.9. The van der Waals surface area contributed by atoms with Crippen molar-refractivity contribution in [3.05, 3.63) is 53.6 Å². The predicted octanol–water partition coefficient (Wildman–Crippen LogP) is 2.03. The van der Waals surface area contributed by atoms with Gasteiger partial charge in [0.1, 0.15) is 24.3 Å². The fraction of sp³-hybridized carbons (Fsp3) is 0.0833. The highest BCUT2D eigenvalue weighted by Crippen LogP contribution is 2.19. The van der Waals surface area contributed by atoms with E-state index in [9.17, 15) is 13.6 Å². The van der Waals surface area contributed by atoms with E-state index in [1.54, 1.807) is 0 Å². The summed E-state index contributed by atoms with van der Waals surface area (Å²) in [5.74, 6) is -2.99. The van der Waals surface area contributed by atoms with Gasteiger partial charge in [-0.3, -0.25) is 0 Å². The van der Waals surface area contributed by atoms with Crippen LogP contribution in [0.4, 0.5) is 8.78 Å². The number of carboxylic acid groups (broad SMARTS) is 1. The van der Waals surface area contributed by atoms with Crippen LogP contribution >= 0.6 is 0 Å². The third-order valence-corrected chi connectivity index (χ3v) is 2.28. The first-order valence-electron chi connectivity index (χ1n) is 5.18. The zero-order valence-electron chi connectivity index (χ0n) is 9.51. The van der Waals surface area contributed by atoms with E-state index >= 15 is 0 Å². The summed E-state index contributed by atoms with van der Waals surface area (Å²) in [4.78, 5) is 18.2. The molecule has 1 heterocycles. The second kappa shape index (κ2) is 5.38. The molecule has 0 aliphatic rings. The number of aromatic carboxylic acids is 1. The molecule has 0 saturated heterocycles. The van der Waals surface area contributed by atoms with Crippen molar-refractivity contribution in [1.82, 2.24) is 9.97 Å². The summed E-state index contributed by atoms with van der Waals surface area (Å²) in [5, 5.41) is 8.89. The fourth-order valence-electron chi connectivity index (χ4n) is 1.39. The molecule has 2 aromatic rings. The standard InChI is InChI=1S/C12H8F2N2O3/c13-7-1-2-11(9(14)3-7)19-5-10-8(12(17)18)4-15-6-16-10/h1-4,6H,5H2,(H,17,18). The van der Waals surface area contributed by atoms with Crippen molar-refractivity contribution in [3.63, 3.8) is 0 Å². The van der Waals surface area contributed by atoms with Crippen molar-refractivity contribution in [2.45, 2.75) is 6.61 Å². The van der Waals surface area contributed by atoms with E-state index in [1.807, 2.05) is 0 Å². The number of carbonyl (C=O) groups is 1. The van der Waals surface area contributed by atoms with Gasteiger partial charge in [-0.15, -0.1) is 0 Å². The molecule has 0 atom stereocenters. The Kier molecular flexibility index (Phi) is 3.65. The Balaban J connectivity index is 2.17. The van der Waals surface area contributed by atoms with Gasteiger partial charge in [-0.2, -0.15) is 0 Å². The van der Waals surface area contributed by atoms with Crippen molar-refractivity contribution in [2.24, 2.45) is 0 Å². The van der Waals surface area contributed by atoms with Gasteiger partial charge in [-0.1, -0.05) is 0 Å². The van der Waals surface area contributed by atoms with Gasteiger partial charge in [0.2, 0.25) is 0 Å². The number of nitrogens with zero attached hydrogens (tertiary/aromatic N) is 2. The van der Waals surface area contributed by atoms with Crippen molar-refractivity contribution >= 4 is 5.97 Å². The molecule has 19 heavy (non-hydrogen) atoms. The minimum absolute atomic E-state index is 0.103. The van der Waals surface area contributed by atoms with Crippen LogP contribution in [0.3, 0.4) is 0 Å². The molecule has 0 radical (unpaired) electrons. The smallest absolute Gasteiger partial charge is 0.339 e. The lowest BCUT2D eigenvalue weighted by molar-refractivity contribution is 0.0692. The molecule has 0 fully saturated rings. The van der Waals surface area contributed by atoms with Crippen molar-refractivity contribution < 1.29 is 23.4 Å². The Labute approximate surface area is 106 Å². The molecule has 7 heteroatoms. The number of hydrogen-bond donors (Lipinski definition) is 1. The largest absolute Gasteiger partial charge is 0.484 e. The molecular formula is C12H8F2N2O3. The molecule has 5 nitrogen and oxygen atoms in total. The maximum Gasteiger partial charge on any atom is 0.339 e. The Bertz CT molecular complexity index is 620. The van der Waals surface area contributed by atoms with Gasteiger partial charge < -0.3 is 9.84 Å². The maximum atomic E-state index is 13.3. The molecule has 1 aromatic heterocycles. The van der Waals surface area contributed by atoms with E-state index in [1.165, 1.54) is 0 Å². The molecule has 0 spiro atoms. The van der Waals surface area contributed by atoms with Crippen molar-refractivity contribution in [2.75, 3.05) is 0 Å². The number of benzene rings is 1. The summed E-state index contributed by atoms with van der Waals surface area (Å²) in [5.41, 5.74) is -0.0313. The highest BCUT2D eigenvalue weighted by molar-refractivity contribution is 5.88. The quantitative estimate of drug-likeness (QED) is 0.916. The highest BCUT2D eigenvalue weighted by atomic mass is 19.1. The average molecular weight is 266 g/mol. The van der Waals surface area contributed by atoms with Gasteiger partial charge in [0.15, 0.2) is 11.6 Å². The van der Waals surface area contributed by atoms with Crippen LogP contribution in [-0.4, -0.2) is 21.0 Å². The number of hydrogen-bond acceptors (Lipinski definition) is 4. The SMILES string of the molecule is O=C(O)c1cncnc1COc1ccc(F)cc1F. The Morgan fingerprint density at radius 2 is 2.16 bits per heavy atom. The van der Waals surface area contributed by atoms with Crippen LogP contribution in [0, 0.1) is 11.6 Å². The molecular weight excluding hydrogens is 258 g/mol.